The summed E-state index contributed by atoms with van der Waals surface area (Å²) in [5.41, 5.74) is 0.958. The Morgan fingerprint density at radius 2 is 2.20 bits per heavy atom. The summed E-state index contributed by atoms with van der Waals surface area (Å²) < 4.78 is 25.8. The first-order chi connectivity index (χ1) is 9.35. The molecule has 20 heavy (non-hydrogen) atoms. The minimum absolute atomic E-state index is 0.0298. The maximum absolute atomic E-state index is 11.9. The second-order valence-electron chi connectivity index (χ2n) is 5.89. The van der Waals surface area contributed by atoms with Gasteiger partial charge >= 0.3 is 0 Å². The molecule has 1 aromatic heterocycles. The predicted octanol–water partition coefficient (Wildman–Crippen LogP) is 1.47. The molecule has 2 rings (SSSR count). The zero-order valence-corrected chi connectivity index (χ0v) is 12.7. The monoisotopic (exact) mass is 299 g/mol. The number of H-pyrrole nitrogens is 1. The first kappa shape index (κ1) is 15.0. The first-order valence-electron chi connectivity index (χ1n) is 6.95. The largest absolute Gasteiger partial charge is 0.285 e. The van der Waals surface area contributed by atoms with Gasteiger partial charge < -0.3 is 0 Å². The maximum Gasteiger partial charge on any atom is 0.285 e. The van der Waals surface area contributed by atoms with Crippen LogP contribution >= 0.6 is 0 Å². The van der Waals surface area contributed by atoms with Gasteiger partial charge in [-0.05, 0) is 37.2 Å². The van der Waals surface area contributed by atoms with Gasteiger partial charge in [0.1, 0.15) is 0 Å². The highest BCUT2D eigenvalue weighted by Crippen LogP contribution is 2.27. The Kier molecular flexibility index (Phi) is 4.47. The van der Waals surface area contributed by atoms with Crippen LogP contribution in [-0.4, -0.2) is 30.3 Å². The van der Waals surface area contributed by atoms with Crippen molar-refractivity contribution in [3.63, 3.8) is 0 Å². The van der Waals surface area contributed by atoms with Crippen LogP contribution in [0.1, 0.15) is 49.3 Å². The third kappa shape index (κ3) is 4.06. The average Bonchev–Trinajstić information content (AvgIpc) is 2.71. The molecule has 2 N–H and O–H groups in total. The molecular formula is C13H21N3O3S. The normalized spacial score (nSPS) is 16.1. The van der Waals surface area contributed by atoms with E-state index in [4.69, 9.17) is 0 Å². The smallest absolute Gasteiger partial charge is 0.282 e. The molecule has 6 nitrogen and oxygen atoms in total. The molecule has 0 saturated heterocycles. The second kappa shape index (κ2) is 5.95. The molecule has 7 heteroatoms. The van der Waals surface area contributed by atoms with E-state index < -0.39 is 15.9 Å². The van der Waals surface area contributed by atoms with Crippen LogP contribution in [0.4, 0.5) is 0 Å². The van der Waals surface area contributed by atoms with Crippen molar-refractivity contribution in [1.29, 1.82) is 0 Å². The molecule has 1 aliphatic rings. The van der Waals surface area contributed by atoms with E-state index >= 15 is 0 Å². The lowest BCUT2D eigenvalue weighted by molar-refractivity contribution is 0.0976. The summed E-state index contributed by atoms with van der Waals surface area (Å²) in [7, 11) is -3.56. The van der Waals surface area contributed by atoms with Gasteiger partial charge in [0.05, 0.1) is 5.75 Å². The fourth-order valence-corrected chi connectivity index (χ4v) is 3.65. The standard InChI is InChI=1S/C13H21N3O3S/c1-9(2)6-11-7-12(15-14-11)13(17)16-20(18,19)8-10-4-3-5-10/h7,9-10H,3-6,8H2,1-2H3,(H,14,15)(H,16,17). The molecule has 1 heterocycles. The van der Waals surface area contributed by atoms with Crippen LogP contribution < -0.4 is 4.72 Å². The number of aromatic nitrogens is 2. The molecule has 1 fully saturated rings. The van der Waals surface area contributed by atoms with Crippen LogP contribution in [0.3, 0.4) is 0 Å². The molecule has 1 saturated carbocycles. The summed E-state index contributed by atoms with van der Waals surface area (Å²) in [6.07, 6.45) is 3.70. The van der Waals surface area contributed by atoms with Gasteiger partial charge in [-0.1, -0.05) is 20.3 Å². The Balaban J connectivity index is 1.95. The van der Waals surface area contributed by atoms with E-state index in [1.807, 2.05) is 0 Å². The van der Waals surface area contributed by atoms with Gasteiger partial charge in [0, 0.05) is 5.69 Å². The Hall–Kier alpha value is -1.37. The van der Waals surface area contributed by atoms with Crippen molar-refractivity contribution in [1.82, 2.24) is 14.9 Å². The number of sulfonamides is 1. The maximum atomic E-state index is 11.9. The van der Waals surface area contributed by atoms with Gasteiger partial charge in [0.2, 0.25) is 10.0 Å². The zero-order chi connectivity index (χ0) is 14.8. The fourth-order valence-electron chi connectivity index (χ4n) is 2.23. The van der Waals surface area contributed by atoms with Crippen LogP contribution in [0, 0.1) is 11.8 Å². The summed E-state index contributed by atoms with van der Waals surface area (Å²) in [6.45, 7) is 4.12. The van der Waals surface area contributed by atoms with Crippen molar-refractivity contribution in [2.75, 3.05) is 5.75 Å². The van der Waals surface area contributed by atoms with E-state index in [2.05, 4.69) is 28.8 Å². The summed E-state index contributed by atoms with van der Waals surface area (Å²) in [6, 6.07) is 1.61. The van der Waals surface area contributed by atoms with E-state index in [0.29, 0.717) is 5.92 Å². The molecule has 0 radical (unpaired) electrons. The molecule has 0 aromatic carbocycles. The van der Waals surface area contributed by atoms with Crippen LogP contribution in [0.5, 0.6) is 0 Å². The summed E-state index contributed by atoms with van der Waals surface area (Å²) in [5, 5.41) is 6.63. The van der Waals surface area contributed by atoms with Crippen LogP contribution in [0.2, 0.25) is 0 Å². The quantitative estimate of drug-likeness (QED) is 0.832. The van der Waals surface area contributed by atoms with Gasteiger partial charge in [0.15, 0.2) is 5.69 Å². The van der Waals surface area contributed by atoms with Crippen molar-refractivity contribution >= 4 is 15.9 Å². The average molecular weight is 299 g/mol. The van der Waals surface area contributed by atoms with Gasteiger partial charge in [-0.15, -0.1) is 0 Å². The Labute approximate surface area is 119 Å². The number of hydrogen-bond acceptors (Lipinski definition) is 4. The van der Waals surface area contributed by atoms with Crippen molar-refractivity contribution < 1.29 is 13.2 Å². The van der Waals surface area contributed by atoms with E-state index in [-0.39, 0.29) is 17.4 Å². The van der Waals surface area contributed by atoms with Gasteiger partial charge in [-0.3, -0.25) is 9.89 Å². The van der Waals surface area contributed by atoms with E-state index in [9.17, 15) is 13.2 Å². The Morgan fingerprint density at radius 1 is 1.50 bits per heavy atom. The van der Waals surface area contributed by atoms with Crippen molar-refractivity contribution in [3.05, 3.63) is 17.5 Å². The number of aromatic amines is 1. The molecule has 0 atom stereocenters. The summed E-state index contributed by atoms with van der Waals surface area (Å²) in [4.78, 5) is 11.9. The predicted molar refractivity (Wildman–Crippen MR) is 75.7 cm³/mol. The first-order valence-corrected chi connectivity index (χ1v) is 8.60. The lowest BCUT2D eigenvalue weighted by atomic mass is 9.87. The summed E-state index contributed by atoms with van der Waals surface area (Å²) in [5.74, 6) is 0.00225. The molecule has 0 aliphatic heterocycles. The number of hydrogen-bond donors (Lipinski definition) is 2. The molecule has 0 unspecified atom stereocenters. The van der Waals surface area contributed by atoms with E-state index in [1.54, 1.807) is 6.07 Å². The number of carbonyl (C=O) groups is 1. The van der Waals surface area contributed by atoms with Gasteiger partial charge in [-0.2, -0.15) is 5.10 Å². The molecule has 0 spiro atoms. The topological polar surface area (TPSA) is 91.9 Å². The van der Waals surface area contributed by atoms with Crippen molar-refractivity contribution in [2.24, 2.45) is 11.8 Å². The molecule has 112 valence electrons. The lowest BCUT2D eigenvalue weighted by Gasteiger charge is -2.24. The SMILES string of the molecule is CC(C)Cc1cc(C(=O)NS(=O)(=O)CC2CCC2)n[nH]1. The minimum Gasteiger partial charge on any atom is -0.282 e. The minimum atomic E-state index is -3.56. The van der Waals surface area contributed by atoms with Gasteiger partial charge in [0.25, 0.3) is 5.91 Å². The molecule has 1 amide bonds. The lowest BCUT2D eigenvalue weighted by Crippen LogP contribution is -2.36. The Morgan fingerprint density at radius 3 is 2.75 bits per heavy atom. The highest BCUT2D eigenvalue weighted by Gasteiger charge is 2.26. The summed E-state index contributed by atoms with van der Waals surface area (Å²) >= 11 is 0. The molecule has 1 aliphatic carbocycles. The van der Waals surface area contributed by atoms with E-state index in [0.717, 1.165) is 31.4 Å². The number of amides is 1. The van der Waals surface area contributed by atoms with Crippen LogP contribution in [0.15, 0.2) is 6.07 Å². The highest BCUT2D eigenvalue weighted by molar-refractivity contribution is 7.90. The van der Waals surface area contributed by atoms with Gasteiger partial charge in [-0.25, -0.2) is 13.1 Å². The van der Waals surface area contributed by atoms with Crippen LogP contribution in [0.25, 0.3) is 0 Å². The zero-order valence-electron chi connectivity index (χ0n) is 11.8. The number of rotatable bonds is 6. The molecule has 1 aromatic rings. The highest BCUT2D eigenvalue weighted by atomic mass is 32.2. The van der Waals surface area contributed by atoms with Crippen molar-refractivity contribution in [2.45, 2.75) is 39.5 Å². The second-order valence-corrected chi connectivity index (χ2v) is 7.65. The Bertz CT molecular complexity index is 573. The van der Waals surface area contributed by atoms with Crippen LogP contribution in [-0.2, 0) is 16.4 Å². The number of carbonyl (C=O) groups excluding carboxylic acids is 1. The fraction of sp³-hybridized carbons (Fsp3) is 0.692. The number of nitrogens with one attached hydrogen (secondary N) is 2. The van der Waals surface area contributed by atoms with E-state index in [1.165, 1.54) is 0 Å². The van der Waals surface area contributed by atoms with Crippen molar-refractivity contribution in [3.8, 4) is 0 Å². The third-order valence-electron chi connectivity index (χ3n) is 3.42. The third-order valence-corrected chi connectivity index (χ3v) is 4.83. The molecule has 0 bridgehead atoms. The molecular weight excluding hydrogens is 278 g/mol. The number of nitrogens with zero attached hydrogens (tertiary/aromatic N) is 1.